The molecule has 0 aromatic rings. The number of esters is 4. The lowest BCUT2D eigenvalue weighted by molar-refractivity contribution is -0.167. The molecule has 0 bridgehead atoms. The van der Waals surface area contributed by atoms with E-state index in [9.17, 15) is 19.2 Å². The average molecular weight is 330 g/mol. The summed E-state index contributed by atoms with van der Waals surface area (Å²) < 4.78 is 18.8. The third-order valence-electron chi connectivity index (χ3n) is 2.43. The molecule has 0 fully saturated rings. The van der Waals surface area contributed by atoms with Gasteiger partial charge < -0.3 is 18.9 Å². The Morgan fingerprint density at radius 2 is 1.13 bits per heavy atom. The van der Waals surface area contributed by atoms with E-state index < -0.39 is 17.9 Å². The van der Waals surface area contributed by atoms with E-state index in [-0.39, 0.29) is 32.4 Å². The molecule has 8 nitrogen and oxygen atoms in total. The van der Waals surface area contributed by atoms with E-state index >= 15 is 0 Å². The Hall–Kier alpha value is -2.38. The zero-order valence-corrected chi connectivity index (χ0v) is 13.2. The minimum atomic E-state index is -1.06. The first-order valence-electron chi connectivity index (χ1n) is 7.23. The first kappa shape index (κ1) is 20.6. The van der Waals surface area contributed by atoms with Gasteiger partial charge in [0.05, 0.1) is 26.4 Å². The third kappa shape index (κ3) is 13.0. The lowest BCUT2D eigenvalue weighted by Gasteiger charge is -2.06. The van der Waals surface area contributed by atoms with E-state index in [1.54, 1.807) is 0 Å². The average Bonchev–Trinajstić information content (AvgIpc) is 2.52. The van der Waals surface area contributed by atoms with Crippen LogP contribution >= 0.6 is 0 Å². The standard InChI is InChI=1S/C15H22O8/c1-3-13(17)21-9-5-7-11-23-15(19)14(18)22-10-6-4-8-20-12(2)16/h3H,1,4-11H2,2H3. The molecule has 0 heterocycles. The van der Waals surface area contributed by atoms with E-state index in [0.29, 0.717) is 25.7 Å². The first-order valence-corrected chi connectivity index (χ1v) is 7.23. The molecule has 0 atom stereocenters. The zero-order chi connectivity index (χ0) is 17.5. The first-order chi connectivity index (χ1) is 11.0. The number of unbranched alkanes of at least 4 members (excludes halogenated alkanes) is 2. The summed E-state index contributed by atoms with van der Waals surface area (Å²) in [6.45, 7) is 5.07. The minimum absolute atomic E-state index is 0.0338. The molecule has 0 aromatic carbocycles. The summed E-state index contributed by atoms with van der Waals surface area (Å²) in [6, 6.07) is 0. The largest absolute Gasteiger partial charge is 0.466 e. The Kier molecular flexibility index (Phi) is 11.9. The van der Waals surface area contributed by atoms with Crippen LogP contribution in [0.4, 0.5) is 0 Å². The molecule has 0 amide bonds. The molecular weight excluding hydrogens is 308 g/mol. The van der Waals surface area contributed by atoms with Gasteiger partial charge in [-0.15, -0.1) is 0 Å². The van der Waals surface area contributed by atoms with Gasteiger partial charge >= 0.3 is 23.9 Å². The van der Waals surface area contributed by atoms with Crippen LogP contribution in [-0.4, -0.2) is 50.3 Å². The van der Waals surface area contributed by atoms with Crippen molar-refractivity contribution in [2.45, 2.75) is 32.6 Å². The normalized spacial score (nSPS) is 9.61. The molecule has 0 saturated carbocycles. The highest BCUT2D eigenvalue weighted by Gasteiger charge is 2.16. The molecule has 0 rings (SSSR count). The lowest BCUT2D eigenvalue weighted by atomic mass is 10.3. The minimum Gasteiger partial charge on any atom is -0.466 e. The Labute approximate surface area is 134 Å². The smallest absolute Gasteiger partial charge is 0.417 e. The highest BCUT2D eigenvalue weighted by molar-refractivity contribution is 6.29. The summed E-state index contributed by atoms with van der Waals surface area (Å²) in [7, 11) is 0. The Morgan fingerprint density at radius 3 is 1.52 bits per heavy atom. The molecule has 8 heteroatoms. The fourth-order valence-corrected chi connectivity index (χ4v) is 1.30. The molecule has 23 heavy (non-hydrogen) atoms. The van der Waals surface area contributed by atoms with Crippen molar-refractivity contribution in [1.29, 1.82) is 0 Å². The van der Waals surface area contributed by atoms with Gasteiger partial charge in [-0.1, -0.05) is 6.58 Å². The van der Waals surface area contributed by atoms with Crippen LogP contribution in [0.1, 0.15) is 32.6 Å². The summed E-state index contributed by atoms with van der Waals surface area (Å²) >= 11 is 0. The second kappa shape index (κ2) is 13.3. The van der Waals surface area contributed by atoms with Gasteiger partial charge in [0.15, 0.2) is 0 Å². The van der Waals surface area contributed by atoms with Crippen molar-refractivity contribution in [2.75, 3.05) is 26.4 Å². The predicted octanol–water partition coefficient (Wildman–Crippen LogP) is 0.925. The van der Waals surface area contributed by atoms with E-state index in [1.807, 2.05) is 0 Å². The summed E-state index contributed by atoms with van der Waals surface area (Å²) in [5.74, 6) is -3.01. The fraction of sp³-hybridized carbons (Fsp3) is 0.600. The fourth-order valence-electron chi connectivity index (χ4n) is 1.30. The van der Waals surface area contributed by atoms with Crippen LogP contribution in [0.25, 0.3) is 0 Å². The second-order valence-electron chi connectivity index (χ2n) is 4.40. The number of hydrogen-bond donors (Lipinski definition) is 0. The maximum Gasteiger partial charge on any atom is 0.417 e. The number of carbonyl (C=O) groups excluding carboxylic acids is 4. The molecule has 0 aliphatic heterocycles. The molecule has 0 radical (unpaired) electrons. The van der Waals surface area contributed by atoms with Crippen LogP contribution in [0.5, 0.6) is 0 Å². The van der Waals surface area contributed by atoms with Crippen LogP contribution in [0, 0.1) is 0 Å². The lowest BCUT2D eigenvalue weighted by Crippen LogP contribution is -2.21. The van der Waals surface area contributed by atoms with E-state index in [0.717, 1.165) is 6.08 Å². The molecular formula is C15H22O8. The van der Waals surface area contributed by atoms with Crippen LogP contribution < -0.4 is 0 Å². The van der Waals surface area contributed by atoms with E-state index in [1.165, 1.54) is 6.92 Å². The highest BCUT2D eigenvalue weighted by Crippen LogP contribution is 1.96. The highest BCUT2D eigenvalue weighted by atomic mass is 16.6. The quantitative estimate of drug-likeness (QED) is 0.181. The topological polar surface area (TPSA) is 105 Å². The molecule has 0 aliphatic rings. The van der Waals surface area contributed by atoms with Gasteiger partial charge in [-0.25, -0.2) is 14.4 Å². The molecule has 0 N–H and O–H groups in total. The zero-order valence-electron chi connectivity index (χ0n) is 13.2. The van der Waals surface area contributed by atoms with Crippen molar-refractivity contribution in [3.63, 3.8) is 0 Å². The van der Waals surface area contributed by atoms with Crippen molar-refractivity contribution < 1.29 is 38.1 Å². The summed E-state index contributed by atoms with van der Waals surface area (Å²) in [5, 5.41) is 0. The van der Waals surface area contributed by atoms with Crippen molar-refractivity contribution in [3.05, 3.63) is 12.7 Å². The summed E-state index contributed by atoms with van der Waals surface area (Å²) in [6.07, 6.45) is 3.01. The number of hydrogen-bond acceptors (Lipinski definition) is 8. The van der Waals surface area contributed by atoms with Crippen LogP contribution in [0.2, 0.25) is 0 Å². The van der Waals surface area contributed by atoms with Crippen LogP contribution in [0.15, 0.2) is 12.7 Å². The number of rotatable bonds is 11. The van der Waals surface area contributed by atoms with Crippen molar-refractivity contribution >= 4 is 23.9 Å². The van der Waals surface area contributed by atoms with Gasteiger partial charge in [-0.05, 0) is 25.7 Å². The van der Waals surface area contributed by atoms with E-state index in [4.69, 9.17) is 18.9 Å². The van der Waals surface area contributed by atoms with E-state index in [2.05, 4.69) is 6.58 Å². The van der Waals surface area contributed by atoms with Crippen molar-refractivity contribution in [3.8, 4) is 0 Å². The van der Waals surface area contributed by atoms with Gasteiger partial charge in [0.2, 0.25) is 0 Å². The van der Waals surface area contributed by atoms with Crippen LogP contribution in [0.3, 0.4) is 0 Å². The van der Waals surface area contributed by atoms with Crippen LogP contribution in [-0.2, 0) is 38.1 Å². The molecule has 0 saturated heterocycles. The Morgan fingerprint density at radius 1 is 0.739 bits per heavy atom. The van der Waals surface area contributed by atoms with Gasteiger partial charge in [-0.2, -0.15) is 0 Å². The Balaban J connectivity index is 3.52. The monoisotopic (exact) mass is 330 g/mol. The maximum absolute atomic E-state index is 11.3. The van der Waals surface area contributed by atoms with Gasteiger partial charge in [-0.3, -0.25) is 4.79 Å². The Bertz CT molecular complexity index is 416. The van der Waals surface area contributed by atoms with Gasteiger partial charge in [0.25, 0.3) is 0 Å². The third-order valence-corrected chi connectivity index (χ3v) is 2.43. The summed E-state index contributed by atoms with van der Waals surface area (Å²) in [4.78, 5) is 43.8. The van der Waals surface area contributed by atoms with Gasteiger partial charge in [0, 0.05) is 13.0 Å². The molecule has 0 spiro atoms. The van der Waals surface area contributed by atoms with Gasteiger partial charge in [0.1, 0.15) is 0 Å². The summed E-state index contributed by atoms with van der Waals surface area (Å²) in [5.41, 5.74) is 0. The van der Waals surface area contributed by atoms with Crippen molar-refractivity contribution in [2.24, 2.45) is 0 Å². The van der Waals surface area contributed by atoms with Crippen molar-refractivity contribution in [1.82, 2.24) is 0 Å². The second-order valence-corrected chi connectivity index (χ2v) is 4.40. The number of ether oxygens (including phenoxy) is 4. The predicted molar refractivity (Wildman–Crippen MR) is 78.2 cm³/mol. The maximum atomic E-state index is 11.3. The molecule has 130 valence electrons. The molecule has 0 unspecified atom stereocenters. The molecule has 0 aliphatic carbocycles. The molecule has 0 aromatic heterocycles. The number of carbonyl (C=O) groups is 4. The SMILES string of the molecule is C=CC(=O)OCCCCOC(=O)C(=O)OCCCCOC(C)=O.